The van der Waals surface area contributed by atoms with E-state index in [1.54, 1.807) is 30.2 Å². The minimum Gasteiger partial charge on any atom is -0.390 e. The van der Waals surface area contributed by atoms with Gasteiger partial charge < -0.3 is 20.3 Å². The van der Waals surface area contributed by atoms with E-state index in [-0.39, 0.29) is 6.04 Å². The number of aryl methyl sites for hydroxylation is 1. The van der Waals surface area contributed by atoms with Crippen molar-refractivity contribution in [3.05, 3.63) is 60.6 Å². The molecule has 2 aromatic heterocycles. The molecule has 4 rings (SSSR count). The number of hydrogen-bond donors (Lipinski definition) is 3. The lowest BCUT2D eigenvalue weighted by molar-refractivity contribution is 0.114. The van der Waals surface area contributed by atoms with Gasteiger partial charge in [0.1, 0.15) is 18.0 Å². The average Bonchev–Trinajstić information content (AvgIpc) is 3.38. The molecule has 0 aliphatic carbocycles. The summed E-state index contributed by atoms with van der Waals surface area (Å²) in [6.45, 7) is 5.32. The van der Waals surface area contributed by atoms with Crippen molar-refractivity contribution >= 4 is 17.1 Å². The van der Waals surface area contributed by atoms with Gasteiger partial charge in [-0.15, -0.1) is 0 Å². The highest BCUT2D eigenvalue weighted by Crippen LogP contribution is 2.34. The third-order valence-corrected chi connectivity index (χ3v) is 5.81. The molecule has 4 N–H and O–H groups in total. The SMILES string of the molecule is C=C(c1cc(N2C[C@@H](O)[C@H](N(C)C)C2)ncn1)c1cc(-c2cnn(C)c2)c(F)cc1NN. The summed E-state index contributed by atoms with van der Waals surface area (Å²) in [5.74, 6) is 5.94. The Morgan fingerprint density at radius 3 is 2.69 bits per heavy atom. The predicted molar refractivity (Wildman–Crippen MR) is 122 cm³/mol. The molecule has 0 amide bonds. The number of likely N-dealkylation sites (N-methyl/N-ethyl adjacent to an activating group) is 1. The molecular weight excluding hydrogens is 411 g/mol. The Kier molecular flexibility index (Phi) is 5.92. The molecule has 2 atom stereocenters. The summed E-state index contributed by atoms with van der Waals surface area (Å²) in [4.78, 5) is 12.8. The van der Waals surface area contributed by atoms with Gasteiger partial charge in [0.05, 0.1) is 29.7 Å². The standard InChI is InChI=1S/C22H27FN8O/c1-13(15-5-16(14-8-27-30(4)9-14)17(23)6-19(15)28-24)18-7-22(26-12-25-18)31-10-20(29(2)3)21(32)11-31/h5-9,12,20-21,28,32H,1,10-11,24H2,2-4H3/t20-,21-/m1/s1. The van der Waals surface area contributed by atoms with E-state index in [0.717, 1.165) is 0 Å². The highest BCUT2D eigenvalue weighted by Gasteiger charge is 2.33. The molecule has 32 heavy (non-hydrogen) atoms. The van der Waals surface area contributed by atoms with E-state index in [4.69, 9.17) is 5.84 Å². The number of nitrogens with two attached hydrogens (primary N) is 1. The van der Waals surface area contributed by atoms with E-state index in [2.05, 4.69) is 27.1 Å². The molecular formula is C22H27FN8O. The molecule has 3 heterocycles. The Bertz CT molecular complexity index is 1140. The Morgan fingerprint density at radius 2 is 2.06 bits per heavy atom. The molecule has 10 heteroatoms. The summed E-state index contributed by atoms with van der Waals surface area (Å²) in [6.07, 6.45) is 4.33. The summed E-state index contributed by atoms with van der Waals surface area (Å²) in [5.41, 5.74) is 5.74. The van der Waals surface area contributed by atoms with Crippen LogP contribution in [0.4, 0.5) is 15.9 Å². The molecule has 0 bridgehead atoms. The van der Waals surface area contributed by atoms with Crippen LogP contribution < -0.4 is 16.2 Å². The molecule has 1 aromatic carbocycles. The topological polar surface area (TPSA) is 108 Å². The van der Waals surface area contributed by atoms with Gasteiger partial charge in [-0.1, -0.05) is 6.58 Å². The van der Waals surface area contributed by atoms with Gasteiger partial charge in [-0.3, -0.25) is 10.5 Å². The number of nitrogen functional groups attached to an aromatic ring is 1. The zero-order valence-electron chi connectivity index (χ0n) is 18.3. The van der Waals surface area contributed by atoms with Crippen molar-refractivity contribution in [2.45, 2.75) is 12.1 Å². The average molecular weight is 439 g/mol. The van der Waals surface area contributed by atoms with Crippen LogP contribution in [-0.4, -0.2) is 69.1 Å². The van der Waals surface area contributed by atoms with Crippen molar-refractivity contribution in [2.75, 3.05) is 37.5 Å². The number of aromatic nitrogens is 4. The third kappa shape index (κ3) is 4.07. The quantitative estimate of drug-likeness (QED) is 0.392. The monoisotopic (exact) mass is 438 g/mol. The molecule has 1 aliphatic rings. The van der Waals surface area contributed by atoms with E-state index in [1.807, 2.05) is 30.0 Å². The maximum Gasteiger partial charge on any atom is 0.133 e. The van der Waals surface area contributed by atoms with Gasteiger partial charge in [0.25, 0.3) is 0 Å². The fraction of sp³-hybridized carbons (Fsp3) is 0.318. The summed E-state index contributed by atoms with van der Waals surface area (Å²) in [5, 5.41) is 14.5. The number of aliphatic hydroxyl groups is 1. The second-order valence-electron chi connectivity index (χ2n) is 8.17. The molecule has 0 unspecified atom stereocenters. The lowest BCUT2D eigenvalue weighted by Gasteiger charge is -2.22. The lowest BCUT2D eigenvalue weighted by Crippen LogP contribution is -2.38. The van der Waals surface area contributed by atoms with E-state index < -0.39 is 11.9 Å². The zero-order valence-corrected chi connectivity index (χ0v) is 18.3. The first-order valence-corrected chi connectivity index (χ1v) is 10.2. The first-order chi connectivity index (χ1) is 15.3. The second-order valence-corrected chi connectivity index (χ2v) is 8.17. The lowest BCUT2D eigenvalue weighted by atomic mass is 9.97. The van der Waals surface area contributed by atoms with Crippen molar-refractivity contribution in [1.82, 2.24) is 24.6 Å². The number of hydrazine groups is 1. The maximum absolute atomic E-state index is 14.8. The fourth-order valence-corrected chi connectivity index (χ4v) is 4.01. The smallest absolute Gasteiger partial charge is 0.133 e. The minimum atomic E-state index is -0.473. The number of benzene rings is 1. The Hall–Kier alpha value is -3.34. The van der Waals surface area contributed by atoms with Crippen LogP contribution in [0.5, 0.6) is 0 Å². The van der Waals surface area contributed by atoms with Crippen molar-refractivity contribution in [3.8, 4) is 11.1 Å². The summed E-state index contributed by atoms with van der Waals surface area (Å²) in [6, 6.07) is 4.86. The van der Waals surface area contributed by atoms with Gasteiger partial charge in [-0.25, -0.2) is 14.4 Å². The van der Waals surface area contributed by atoms with E-state index in [0.29, 0.717) is 52.6 Å². The Labute approximate surface area is 186 Å². The third-order valence-electron chi connectivity index (χ3n) is 5.81. The van der Waals surface area contributed by atoms with E-state index in [9.17, 15) is 9.50 Å². The number of nitrogens with one attached hydrogen (secondary N) is 1. The summed E-state index contributed by atoms with van der Waals surface area (Å²) in [7, 11) is 5.66. The Balaban J connectivity index is 1.68. The number of β-amino-alcohol motifs (C(OH)–C–C–N with tert-alkyl or cyclic N) is 1. The minimum absolute atomic E-state index is 0.0174. The molecule has 0 radical (unpaired) electrons. The number of hydrogen-bond acceptors (Lipinski definition) is 8. The molecule has 168 valence electrons. The van der Waals surface area contributed by atoms with Crippen LogP contribution >= 0.6 is 0 Å². The number of halogens is 1. The fourth-order valence-electron chi connectivity index (χ4n) is 4.01. The number of nitrogens with zero attached hydrogens (tertiary/aromatic N) is 6. The van der Waals surface area contributed by atoms with E-state index >= 15 is 0 Å². The molecule has 3 aromatic rings. The maximum atomic E-state index is 14.8. The molecule has 1 aliphatic heterocycles. The number of anilines is 2. The van der Waals surface area contributed by atoms with E-state index in [1.165, 1.54) is 12.4 Å². The van der Waals surface area contributed by atoms with Crippen LogP contribution in [0.1, 0.15) is 11.3 Å². The highest BCUT2D eigenvalue weighted by molar-refractivity contribution is 5.86. The molecule has 1 saturated heterocycles. The summed E-state index contributed by atoms with van der Waals surface area (Å²) < 4.78 is 16.4. The normalized spacial score (nSPS) is 18.4. The highest BCUT2D eigenvalue weighted by atomic mass is 19.1. The summed E-state index contributed by atoms with van der Waals surface area (Å²) >= 11 is 0. The van der Waals surface area contributed by atoms with Crippen LogP contribution in [0.2, 0.25) is 0 Å². The van der Waals surface area contributed by atoms with Gasteiger partial charge in [-0.05, 0) is 26.2 Å². The molecule has 9 nitrogen and oxygen atoms in total. The Morgan fingerprint density at radius 1 is 1.28 bits per heavy atom. The van der Waals surface area contributed by atoms with Crippen molar-refractivity contribution in [3.63, 3.8) is 0 Å². The van der Waals surface area contributed by atoms with Crippen molar-refractivity contribution in [2.24, 2.45) is 12.9 Å². The number of rotatable bonds is 6. The van der Waals surface area contributed by atoms with Crippen LogP contribution in [0.15, 0.2) is 43.5 Å². The number of aliphatic hydroxyl groups excluding tert-OH is 1. The first-order valence-electron chi connectivity index (χ1n) is 10.2. The van der Waals surface area contributed by atoms with Crippen LogP contribution in [0.25, 0.3) is 16.7 Å². The zero-order chi connectivity index (χ0) is 23.0. The van der Waals surface area contributed by atoms with Crippen LogP contribution in [0.3, 0.4) is 0 Å². The van der Waals surface area contributed by atoms with Gasteiger partial charge in [-0.2, -0.15) is 5.10 Å². The molecule has 1 fully saturated rings. The first kappa shape index (κ1) is 21.9. The van der Waals surface area contributed by atoms with Gasteiger partial charge in [0, 0.05) is 54.7 Å². The molecule has 0 saturated carbocycles. The predicted octanol–water partition coefficient (Wildman–Crippen LogP) is 1.47. The van der Waals surface area contributed by atoms with Gasteiger partial charge in [0.2, 0.25) is 0 Å². The van der Waals surface area contributed by atoms with Crippen LogP contribution in [-0.2, 0) is 7.05 Å². The second kappa shape index (κ2) is 8.65. The van der Waals surface area contributed by atoms with Gasteiger partial charge >= 0.3 is 0 Å². The molecule has 0 spiro atoms. The van der Waals surface area contributed by atoms with Crippen molar-refractivity contribution < 1.29 is 9.50 Å². The largest absolute Gasteiger partial charge is 0.390 e. The van der Waals surface area contributed by atoms with Crippen LogP contribution in [0, 0.1) is 5.82 Å². The van der Waals surface area contributed by atoms with Gasteiger partial charge in [0.15, 0.2) is 0 Å². The van der Waals surface area contributed by atoms with Crippen molar-refractivity contribution in [1.29, 1.82) is 0 Å².